The van der Waals surface area contributed by atoms with Crippen LogP contribution in [0.2, 0.25) is 0 Å². The molecule has 0 saturated heterocycles. The molecule has 0 radical (unpaired) electrons. The Morgan fingerprint density at radius 2 is 1.67 bits per heavy atom. The zero-order valence-corrected chi connectivity index (χ0v) is 10.9. The Morgan fingerprint density at radius 1 is 1.00 bits per heavy atom. The lowest BCUT2D eigenvalue weighted by atomic mass is 9.95. The fourth-order valence-electron chi connectivity index (χ4n) is 2.03. The zero-order valence-electron chi connectivity index (χ0n) is 10.9. The molecule has 1 unspecified atom stereocenters. The summed E-state index contributed by atoms with van der Waals surface area (Å²) >= 11 is 0. The van der Waals surface area contributed by atoms with Crippen molar-refractivity contribution < 1.29 is 27.1 Å². The molecule has 0 saturated carbocycles. The normalized spacial score (nSPS) is 13.3. The first-order valence-electron chi connectivity index (χ1n) is 6.01. The minimum Gasteiger partial charge on any atom is -0.384 e. The van der Waals surface area contributed by atoms with Crippen LogP contribution in [0.5, 0.6) is 0 Å². The second-order valence-corrected chi connectivity index (χ2v) is 4.64. The maximum atomic E-state index is 13.2. The van der Waals surface area contributed by atoms with Crippen LogP contribution in [0.1, 0.15) is 28.4 Å². The van der Waals surface area contributed by atoms with E-state index in [1.165, 1.54) is 19.1 Å². The first-order valence-corrected chi connectivity index (χ1v) is 6.01. The maximum Gasteiger partial charge on any atom is 0.416 e. The molecule has 0 spiro atoms. The average molecular weight is 302 g/mol. The summed E-state index contributed by atoms with van der Waals surface area (Å²) in [6.07, 6.45) is -6.42. The van der Waals surface area contributed by atoms with Crippen molar-refractivity contribution in [1.82, 2.24) is 0 Å². The zero-order chi connectivity index (χ0) is 15.8. The smallest absolute Gasteiger partial charge is 0.384 e. The highest BCUT2D eigenvalue weighted by atomic mass is 19.4. The van der Waals surface area contributed by atoms with Crippen LogP contribution in [-0.2, 0) is 6.18 Å². The Balaban J connectivity index is 2.52. The highest BCUT2D eigenvalue weighted by molar-refractivity contribution is 5.39. The lowest BCUT2D eigenvalue weighted by molar-refractivity contribution is -0.139. The number of halogens is 5. The fourth-order valence-corrected chi connectivity index (χ4v) is 2.03. The standard InChI is InChI=1S/C15H11F5O/c1-8-6-9(2-5-13(8)17)14(21)11-4-3-10(16)7-12(11)15(18,19)20/h2-7,14,21H,1H3. The number of aryl methyl sites for hydroxylation is 1. The van der Waals surface area contributed by atoms with E-state index in [0.717, 1.165) is 18.2 Å². The van der Waals surface area contributed by atoms with E-state index in [2.05, 4.69) is 0 Å². The summed E-state index contributed by atoms with van der Waals surface area (Å²) in [6.45, 7) is 1.43. The molecule has 21 heavy (non-hydrogen) atoms. The monoisotopic (exact) mass is 302 g/mol. The molecule has 0 aliphatic rings. The van der Waals surface area contributed by atoms with Crippen LogP contribution < -0.4 is 0 Å². The minimum atomic E-state index is -4.80. The lowest BCUT2D eigenvalue weighted by Crippen LogP contribution is -2.13. The van der Waals surface area contributed by atoms with Gasteiger partial charge in [-0.3, -0.25) is 0 Å². The van der Waals surface area contributed by atoms with Crippen LogP contribution in [0.25, 0.3) is 0 Å². The van der Waals surface area contributed by atoms with E-state index in [-0.39, 0.29) is 11.1 Å². The Labute approximate surface area is 117 Å². The van der Waals surface area contributed by atoms with Crippen molar-refractivity contribution >= 4 is 0 Å². The van der Waals surface area contributed by atoms with Gasteiger partial charge in [-0.1, -0.05) is 18.2 Å². The Morgan fingerprint density at radius 3 is 2.24 bits per heavy atom. The van der Waals surface area contributed by atoms with Crippen LogP contribution in [0.3, 0.4) is 0 Å². The number of hydrogen-bond acceptors (Lipinski definition) is 1. The third kappa shape index (κ3) is 3.21. The van der Waals surface area contributed by atoms with Gasteiger partial charge >= 0.3 is 6.18 Å². The van der Waals surface area contributed by atoms with E-state index >= 15 is 0 Å². The van der Waals surface area contributed by atoms with Crippen molar-refractivity contribution in [2.45, 2.75) is 19.2 Å². The molecule has 1 N–H and O–H groups in total. The fraction of sp³-hybridized carbons (Fsp3) is 0.200. The second kappa shape index (κ2) is 5.44. The van der Waals surface area contributed by atoms with Crippen molar-refractivity contribution in [3.63, 3.8) is 0 Å². The third-order valence-electron chi connectivity index (χ3n) is 3.11. The largest absolute Gasteiger partial charge is 0.416 e. The van der Waals surface area contributed by atoms with Gasteiger partial charge in [-0.2, -0.15) is 13.2 Å². The molecule has 112 valence electrons. The van der Waals surface area contributed by atoms with Gasteiger partial charge in [0.1, 0.15) is 17.7 Å². The molecule has 0 aromatic heterocycles. The predicted octanol–water partition coefficient (Wildman–Crippen LogP) is 4.37. The molecule has 2 aromatic carbocycles. The second-order valence-electron chi connectivity index (χ2n) is 4.64. The SMILES string of the molecule is Cc1cc(C(O)c2ccc(F)cc2C(F)(F)F)ccc1F. The quantitative estimate of drug-likeness (QED) is 0.817. The molecule has 2 rings (SSSR count). The molecule has 0 bridgehead atoms. The third-order valence-corrected chi connectivity index (χ3v) is 3.11. The van der Waals surface area contributed by atoms with Crippen LogP contribution in [0, 0.1) is 18.6 Å². The van der Waals surface area contributed by atoms with Gasteiger partial charge in [-0.25, -0.2) is 8.78 Å². The molecule has 6 heteroatoms. The van der Waals surface area contributed by atoms with Gasteiger partial charge in [0.2, 0.25) is 0 Å². The van der Waals surface area contributed by atoms with Crippen molar-refractivity contribution in [3.05, 3.63) is 70.3 Å². The molecule has 0 heterocycles. The highest BCUT2D eigenvalue weighted by Crippen LogP contribution is 2.37. The predicted molar refractivity (Wildman–Crippen MR) is 66.6 cm³/mol. The lowest BCUT2D eigenvalue weighted by Gasteiger charge is -2.18. The molecule has 0 aliphatic carbocycles. The molecule has 0 fully saturated rings. The number of hydrogen-bond donors (Lipinski definition) is 1. The summed E-state index contributed by atoms with van der Waals surface area (Å²) in [5.74, 6) is -1.57. The van der Waals surface area contributed by atoms with E-state index in [0.29, 0.717) is 6.07 Å². The van der Waals surface area contributed by atoms with Gasteiger partial charge in [0.05, 0.1) is 5.56 Å². The van der Waals surface area contributed by atoms with Gasteiger partial charge in [-0.05, 0) is 41.8 Å². The molecular weight excluding hydrogens is 291 g/mol. The van der Waals surface area contributed by atoms with Crippen molar-refractivity contribution in [2.75, 3.05) is 0 Å². The minimum absolute atomic E-state index is 0.103. The molecule has 0 amide bonds. The molecule has 1 atom stereocenters. The van der Waals surface area contributed by atoms with Crippen LogP contribution in [0.15, 0.2) is 36.4 Å². The summed E-state index contributed by atoms with van der Waals surface area (Å²) < 4.78 is 64.9. The van der Waals surface area contributed by atoms with Crippen molar-refractivity contribution in [1.29, 1.82) is 0 Å². The molecular formula is C15H11F5O. The van der Waals surface area contributed by atoms with Crippen LogP contribution >= 0.6 is 0 Å². The average Bonchev–Trinajstić information content (AvgIpc) is 2.40. The summed E-state index contributed by atoms with van der Waals surface area (Å²) in [6, 6.07) is 5.55. The molecule has 0 aliphatic heterocycles. The molecule has 2 aromatic rings. The van der Waals surface area contributed by atoms with Gasteiger partial charge < -0.3 is 5.11 Å². The Kier molecular flexibility index (Phi) is 4.00. The van der Waals surface area contributed by atoms with E-state index in [9.17, 15) is 27.1 Å². The van der Waals surface area contributed by atoms with Gasteiger partial charge in [0.25, 0.3) is 0 Å². The van der Waals surface area contributed by atoms with Crippen LogP contribution in [-0.4, -0.2) is 5.11 Å². The first kappa shape index (κ1) is 15.4. The van der Waals surface area contributed by atoms with Crippen molar-refractivity contribution in [3.8, 4) is 0 Å². The summed E-state index contributed by atoms with van der Waals surface area (Å²) in [5.41, 5.74) is -1.43. The maximum absolute atomic E-state index is 13.2. The number of aliphatic hydroxyl groups excluding tert-OH is 1. The van der Waals surface area contributed by atoms with Gasteiger partial charge in [-0.15, -0.1) is 0 Å². The summed E-state index contributed by atoms with van der Waals surface area (Å²) in [7, 11) is 0. The Hall–Kier alpha value is -1.95. The Bertz CT molecular complexity index is 664. The van der Waals surface area contributed by atoms with Crippen LogP contribution in [0.4, 0.5) is 22.0 Å². The summed E-state index contributed by atoms with van der Waals surface area (Å²) in [5, 5.41) is 10.1. The number of rotatable bonds is 2. The van der Waals surface area contributed by atoms with E-state index in [1.54, 1.807) is 0 Å². The number of benzene rings is 2. The van der Waals surface area contributed by atoms with E-state index in [1.807, 2.05) is 0 Å². The first-order chi connectivity index (χ1) is 9.70. The molecule has 1 nitrogen and oxygen atoms in total. The van der Waals surface area contributed by atoms with E-state index in [4.69, 9.17) is 0 Å². The number of aliphatic hydroxyl groups is 1. The van der Waals surface area contributed by atoms with E-state index < -0.39 is 35.0 Å². The van der Waals surface area contributed by atoms with Gasteiger partial charge in [0, 0.05) is 0 Å². The summed E-state index contributed by atoms with van der Waals surface area (Å²) in [4.78, 5) is 0. The topological polar surface area (TPSA) is 20.2 Å². The number of alkyl halides is 3. The van der Waals surface area contributed by atoms with Gasteiger partial charge in [0.15, 0.2) is 0 Å². The highest BCUT2D eigenvalue weighted by Gasteiger charge is 2.35. The van der Waals surface area contributed by atoms with Crippen molar-refractivity contribution in [2.24, 2.45) is 0 Å².